The van der Waals surface area contributed by atoms with Gasteiger partial charge in [0, 0.05) is 6.04 Å². The van der Waals surface area contributed by atoms with E-state index in [1.807, 2.05) is 0 Å². The third kappa shape index (κ3) is 3.98. The zero-order valence-electron chi connectivity index (χ0n) is 11.7. The normalized spacial score (nSPS) is 25.9. The molecule has 17 heavy (non-hydrogen) atoms. The lowest BCUT2D eigenvalue weighted by Crippen LogP contribution is -2.41. The van der Waals surface area contributed by atoms with Crippen LogP contribution in [0.1, 0.15) is 77.6 Å². The molecule has 0 amide bonds. The van der Waals surface area contributed by atoms with Crippen LogP contribution in [0.25, 0.3) is 0 Å². The van der Waals surface area contributed by atoms with Crippen LogP contribution in [0.15, 0.2) is 0 Å². The van der Waals surface area contributed by atoms with Gasteiger partial charge >= 0.3 is 0 Å². The second-order valence-electron chi connectivity index (χ2n) is 6.28. The molecule has 2 aliphatic rings. The van der Waals surface area contributed by atoms with Crippen molar-refractivity contribution in [2.45, 2.75) is 83.6 Å². The van der Waals surface area contributed by atoms with Gasteiger partial charge in [-0.3, -0.25) is 0 Å². The summed E-state index contributed by atoms with van der Waals surface area (Å²) < 4.78 is 0. The van der Waals surface area contributed by atoms with Crippen molar-refractivity contribution in [3.63, 3.8) is 0 Å². The molecule has 0 aromatic carbocycles. The molecule has 1 unspecified atom stereocenters. The van der Waals surface area contributed by atoms with Crippen LogP contribution < -0.4 is 5.32 Å². The van der Waals surface area contributed by atoms with Gasteiger partial charge in [-0.1, -0.05) is 45.4 Å². The average molecular weight is 237 g/mol. The van der Waals surface area contributed by atoms with Gasteiger partial charge in [-0.2, -0.15) is 0 Å². The lowest BCUT2D eigenvalue weighted by molar-refractivity contribution is 0.238. The molecular formula is C16H31N. The second kappa shape index (κ2) is 7.41. The number of hydrogen-bond acceptors (Lipinski definition) is 1. The van der Waals surface area contributed by atoms with E-state index in [1.54, 1.807) is 0 Å². The van der Waals surface area contributed by atoms with E-state index in [2.05, 4.69) is 12.2 Å². The van der Waals surface area contributed by atoms with Crippen molar-refractivity contribution in [3.8, 4) is 0 Å². The van der Waals surface area contributed by atoms with E-state index in [0.29, 0.717) is 0 Å². The minimum Gasteiger partial charge on any atom is -0.313 e. The first-order valence-electron chi connectivity index (χ1n) is 8.15. The Bertz CT molecular complexity index is 188. The van der Waals surface area contributed by atoms with Crippen LogP contribution >= 0.6 is 0 Å². The first-order chi connectivity index (χ1) is 8.42. The summed E-state index contributed by atoms with van der Waals surface area (Å²) in [5.41, 5.74) is 0. The Labute approximate surface area is 108 Å². The maximum atomic E-state index is 3.91. The quantitative estimate of drug-likeness (QED) is 0.693. The number of rotatable bonds is 5. The van der Waals surface area contributed by atoms with Crippen molar-refractivity contribution >= 4 is 0 Å². The van der Waals surface area contributed by atoms with E-state index in [0.717, 1.165) is 17.9 Å². The highest BCUT2D eigenvalue weighted by molar-refractivity contribution is 4.86. The molecular weight excluding hydrogens is 206 g/mol. The predicted octanol–water partition coefficient (Wildman–Crippen LogP) is 4.52. The highest BCUT2D eigenvalue weighted by atomic mass is 14.9. The van der Waals surface area contributed by atoms with Crippen LogP contribution in [0.2, 0.25) is 0 Å². The molecule has 2 fully saturated rings. The van der Waals surface area contributed by atoms with Crippen LogP contribution in [0.3, 0.4) is 0 Å². The molecule has 0 bridgehead atoms. The lowest BCUT2D eigenvalue weighted by Gasteiger charge is -2.32. The Morgan fingerprint density at radius 3 is 1.76 bits per heavy atom. The van der Waals surface area contributed by atoms with E-state index in [1.165, 1.54) is 77.2 Å². The maximum absolute atomic E-state index is 3.91. The Hall–Kier alpha value is -0.0400. The van der Waals surface area contributed by atoms with Crippen molar-refractivity contribution in [1.29, 1.82) is 0 Å². The largest absolute Gasteiger partial charge is 0.313 e. The fourth-order valence-electron chi connectivity index (χ4n) is 4.02. The molecule has 2 rings (SSSR count). The zero-order chi connectivity index (χ0) is 11.9. The summed E-state index contributed by atoms with van der Waals surface area (Å²) >= 11 is 0. The summed E-state index contributed by atoms with van der Waals surface area (Å²) in [4.78, 5) is 0. The summed E-state index contributed by atoms with van der Waals surface area (Å²) in [5.74, 6) is 2.00. The Morgan fingerprint density at radius 1 is 0.824 bits per heavy atom. The van der Waals surface area contributed by atoms with Gasteiger partial charge < -0.3 is 5.32 Å². The molecule has 0 aromatic heterocycles. The van der Waals surface area contributed by atoms with Gasteiger partial charge in [-0.15, -0.1) is 0 Å². The van der Waals surface area contributed by atoms with Crippen molar-refractivity contribution < 1.29 is 0 Å². The van der Waals surface area contributed by atoms with Crippen LogP contribution in [0.4, 0.5) is 0 Å². The van der Waals surface area contributed by atoms with Crippen LogP contribution in [-0.4, -0.2) is 12.6 Å². The van der Waals surface area contributed by atoms with Gasteiger partial charge in [0.05, 0.1) is 0 Å². The van der Waals surface area contributed by atoms with E-state index < -0.39 is 0 Å². The van der Waals surface area contributed by atoms with Gasteiger partial charge in [0.25, 0.3) is 0 Å². The average Bonchev–Trinajstić information content (AvgIpc) is 2.73. The van der Waals surface area contributed by atoms with Crippen molar-refractivity contribution in [1.82, 2.24) is 5.32 Å². The first kappa shape index (κ1) is 13.4. The zero-order valence-corrected chi connectivity index (χ0v) is 11.7. The summed E-state index contributed by atoms with van der Waals surface area (Å²) in [6.45, 7) is 3.53. The molecule has 1 nitrogen and oxygen atoms in total. The standard InChI is InChI=1S/C16H31N/c1-2-13-17-16(15-11-7-8-12-15)14-9-5-3-4-6-10-14/h14-17H,2-13H2,1H3. The molecule has 1 N–H and O–H groups in total. The number of nitrogens with one attached hydrogen (secondary N) is 1. The summed E-state index contributed by atoms with van der Waals surface area (Å²) in [6.07, 6.45) is 16.2. The van der Waals surface area contributed by atoms with Gasteiger partial charge in [0.15, 0.2) is 0 Å². The summed E-state index contributed by atoms with van der Waals surface area (Å²) in [6, 6.07) is 0.857. The maximum Gasteiger partial charge on any atom is 0.0124 e. The minimum absolute atomic E-state index is 0.857. The number of hydrogen-bond donors (Lipinski definition) is 1. The van der Waals surface area contributed by atoms with Gasteiger partial charge in [0.1, 0.15) is 0 Å². The molecule has 0 aromatic rings. The monoisotopic (exact) mass is 237 g/mol. The highest BCUT2D eigenvalue weighted by Crippen LogP contribution is 2.35. The van der Waals surface area contributed by atoms with E-state index in [-0.39, 0.29) is 0 Å². The van der Waals surface area contributed by atoms with Gasteiger partial charge in [-0.25, -0.2) is 0 Å². The van der Waals surface area contributed by atoms with Crippen LogP contribution in [0.5, 0.6) is 0 Å². The molecule has 0 radical (unpaired) electrons. The molecule has 100 valence electrons. The van der Waals surface area contributed by atoms with E-state index in [9.17, 15) is 0 Å². The Kier molecular flexibility index (Phi) is 5.84. The summed E-state index contributed by atoms with van der Waals surface area (Å²) in [7, 11) is 0. The van der Waals surface area contributed by atoms with Gasteiger partial charge in [0.2, 0.25) is 0 Å². The minimum atomic E-state index is 0.857. The fraction of sp³-hybridized carbons (Fsp3) is 1.00. The van der Waals surface area contributed by atoms with Gasteiger partial charge in [-0.05, 0) is 50.5 Å². The molecule has 0 spiro atoms. The second-order valence-corrected chi connectivity index (χ2v) is 6.28. The van der Waals surface area contributed by atoms with E-state index in [4.69, 9.17) is 0 Å². The van der Waals surface area contributed by atoms with Crippen LogP contribution in [0, 0.1) is 11.8 Å². The van der Waals surface area contributed by atoms with Crippen molar-refractivity contribution in [2.24, 2.45) is 11.8 Å². The molecule has 2 aliphatic carbocycles. The Balaban J connectivity index is 1.91. The third-order valence-electron chi connectivity index (χ3n) is 4.95. The molecule has 0 aliphatic heterocycles. The SMILES string of the molecule is CCCNC(C1CCCCCC1)C1CCCC1. The molecule has 1 heteroatoms. The predicted molar refractivity (Wildman–Crippen MR) is 75.2 cm³/mol. The summed E-state index contributed by atoms with van der Waals surface area (Å²) in [5, 5.41) is 3.91. The van der Waals surface area contributed by atoms with Crippen molar-refractivity contribution in [2.75, 3.05) is 6.54 Å². The Morgan fingerprint density at radius 2 is 1.29 bits per heavy atom. The van der Waals surface area contributed by atoms with E-state index >= 15 is 0 Å². The molecule has 2 saturated carbocycles. The topological polar surface area (TPSA) is 12.0 Å². The smallest absolute Gasteiger partial charge is 0.0124 e. The van der Waals surface area contributed by atoms with Crippen LogP contribution in [-0.2, 0) is 0 Å². The van der Waals surface area contributed by atoms with Crippen molar-refractivity contribution in [3.05, 3.63) is 0 Å². The lowest BCUT2D eigenvalue weighted by atomic mass is 9.82. The fourth-order valence-corrected chi connectivity index (χ4v) is 4.02. The third-order valence-corrected chi connectivity index (χ3v) is 4.95. The highest BCUT2D eigenvalue weighted by Gasteiger charge is 2.30. The molecule has 0 saturated heterocycles. The molecule has 1 atom stereocenters. The molecule has 0 heterocycles. The first-order valence-corrected chi connectivity index (χ1v) is 8.15.